The van der Waals surface area contributed by atoms with Crippen molar-refractivity contribution >= 4 is 20.9 Å². The molecule has 0 atom stereocenters. The zero-order valence-corrected chi connectivity index (χ0v) is 16.7. The second-order valence-electron chi connectivity index (χ2n) is 6.91. The number of fused-ring (bicyclic) bond motifs is 3. The van der Waals surface area contributed by atoms with Gasteiger partial charge in [0.25, 0.3) is 5.56 Å². The summed E-state index contributed by atoms with van der Waals surface area (Å²) in [7, 11) is 0.0612. The lowest BCUT2D eigenvalue weighted by molar-refractivity contribution is 0.386. The fourth-order valence-corrected chi connectivity index (χ4v) is 4.45. The van der Waals surface area contributed by atoms with Gasteiger partial charge in [-0.3, -0.25) is 4.79 Å². The average molecular weight is 403 g/mol. The highest BCUT2D eigenvalue weighted by Crippen LogP contribution is 2.28. The maximum absolute atomic E-state index is 13.1. The van der Waals surface area contributed by atoms with Gasteiger partial charge in [-0.05, 0) is 17.5 Å². The minimum absolute atomic E-state index is 0.212. The molecule has 4 rings (SSSR count). The highest BCUT2D eigenvalue weighted by Gasteiger charge is 2.28. The number of methoxy groups -OCH3 is 1. The molecule has 4 heterocycles. The third kappa shape index (κ3) is 3.08. The van der Waals surface area contributed by atoms with Crippen LogP contribution in [-0.4, -0.2) is 52.0 Å². The molecule has 0 N–H and O–H groups in total. The van der Waals surface area contributed by atoms with Gasteiger partial charge in [-0.15, -0.1) is 0 Å². The lowest BCUT2D eigenvalue weighted by Gasteiger charge is -2.25. The van der Waals surface area contributed by atoms with Crippen LogP contribution in [-0.2, 0) is 36.6 Å². The topological polar surface area (TPSA) is 99.3 Å². The Balaban J connectivity index is 1.76. The fraction of sp³-hybridized carbons (Fsp3) is 0.389. The molecule has 9 nitrogen and oxygen atoms in total. The van der Waals surface area contributed by atoms with Gasteiger partial charge in [0.1, 0.15) is 5.52 Å². The van der Waals surface area contributed by atoms with Crippen LogP contribution in [0.1, 0.15) is 16.8 Å². The standard InChI is InChI=1S/C18H21N5O4S/c1-21-15-11-22(28(3,25)26)7-6-13(15)14-9-20-23(18(24)17(14)21)10-12-4-5-16(27-2)19-8-12/h4-5,8-9H,6-7,10-11H2,1-3H3. The van der Waals surface area contributed by atoms with Crippen LogP contribution in [0.5, 0.6) is 5.88 Å². The van der Waals surface area contributed by atoms with Crippen LogP contribution in [0.3, 0.4) is 0 Å². The number of hydrogen-bond donors (Lipinski definition) is 0. The molecule has 0 saturated carbocycles. The summed E-state index contributed by atoms with van der Waals surface area (Å²) >= 11 is 0. The van der Waals surface area contributed by atoms with Gasteiger partial charge in [0.05, 0.1) is 32.7 Å². The minimum Gasteiger partial charge on any atom is -0.481 e. The summed E-state index contributed by atoms with van der Waals surface area (Å²) in [6.45, 7) is 0.962. The summed E-state index contributed by atoms with van der Waals surface area (Å²) in [4.78, 5) is 17.2. The van der Waals surface area contributed by atoms with Gasteiger partial charge in [-0.1, -0.05) is 6.07 Å². The van der Waals surface area contributed by atoms with E-state index in [4.69, 9.17) is 4.74 Å². The zero-order chi connectivity index (χ0) is 20.1. The van der Waals surface area contributed by atoms with Crippen molar-refractivity contribution in [3.05, 3.63) is 51.7 Å². The third-order valence-electron chi connectivity index (χ3n) is 5.18. The number of hydrogen-bond acceptors (Lipinski definition) is 6. The molecule has 0 fully saturated rings. The average Bonchev–Trinajstić information content (AvgIpc) is 2.96. The minimum atomic E-state index is -3.28. The van der Waals surface area contributed by atoms with Gasteiger partial charge in [0.15, 0.2) is 0 Å². The molecule has 0 aliphatic carbocycles. The molecule has 1 aliphatic rings. The highest BCUT2D eigenvalue weighted by molar-refractivity contribution is 7.88. The molecule has 0 spiro atoms. The second-order valence-corrected chi connectivity index (χ2v) is 8.89. The first kappa shape index (κ1) is 18.6. The predicted molar refractivity (Wildman–Crippen MR) is 104 cm³/mol. The Morgan fingerprint density at radius 2 is 2.04 bits per heavy atom. The molecule has 10 heteroatoms. The smallest absolute Gasteiger partial charge is 0.291 e. The van der Waals surface area contributed by atoms with E-state index in [1.54, 1.807) is 37.2 Å². The van der Waals surface area contributed by atoms with Crippen molar-refractivity contribution in [2.75, 3.05) is 19.9 Å². The van der Waals surface area contributed by atoms with Crippen molar-refractivity contribution in [2.24, 2.45) is 7.05 Å². The summed E-state index contributed by atoms with van der Waals surface area (Å²) < 4.78 is 33.5. The molecular formula is C18H21N5O4S. The summed E-state index contributed by atoms with van der Waals surface area (Å²) in [5.41, 5.74) is 3.00. The maximum Gasteiger partial charge on any atom is 0.291 e. The van der Waals surface area contributed by atoms with Crippen LogP contribution in [0.15, 0.2) is 29.3 Å². The van der Waals surface area contributed by atoms with Crippen molar-refractivity contribution in [1.82, 2.24) is 23.6 Å². The summed E-state index contributed by atoms with van der Waals surface area (Å²) in [6.07, 6.45) is 5.12. The Morgan fingerprint density at radius 3 is 2.68 bits per heavy atom. The molecule has 3 aromatic heterocycles. The van der Waals surface area contributed by atoms with Crippen LogP contribution in [0.2, 0.25) is 0 Å². The quantitative estimate of drug-likeness (QED) is 0.629. The maximum atomic E-state index is 13.1. The third-order valence-corrected chi connectivity index (χ3v) is 6.43. The lowest BCUT2D eigenvalue weighted by Crippen LogP contribution is -2.35. The number of sulfonamides is 1. The van der Waals surface area contributed by atoms with E-state index in [1.807, 2.05) is 6.07 Å². The molecule has 3 aromatic rings. The Labute approximate surface area is 162 Å². The van der Waals surface area contributed by atoms with Gasteiger partial charge in [0.2, 0.25) is 15.9 Å². The van der Waals surface area contributed by atoms with E-state index in [1.165, 1.54) is 15.2 Å². The molecule has 28 heavy (non-hydrogen) atoms. The molecule has 0 bridgehead atoms. The van der Waals surface area contributed by atoms with Crippen LogP contribution < -0.4 is 10.3 Å². The Kier molecular flexibility index (Phi) is 4.47. The van der Waals surface area contributed by atoms with Crippen molar-refractivity contribution < 1.29 is 13.2 Å². The largest absolute Gasteiger partial charge is 0.481 e. The Bertz CT molecular complexity index is 1210. The van der Waals surface area contributed by atoms with Crippen molar-refractivity contribution in [2.45, 2.75) is 19.5 Å². The number of rotatable bonds is 4. The number of aryl methyl sites for hydroxylation is 1. The molecule has 0 amide bonds. The number of nitrogens with zero attached hydrogens (tertiary/aromatic N) is 5. The normalized spacial score (nSPS) is 15.0. The van der Waals surface area contributed by atoms with E-state index in [2.05, 4.69) is 10.1 Å². The lowest BCUT2D eigenvalue weighted by atomic mass is 10.1. The SMILES string of the molecule is COc1ccc(Cn2ncc3c4c(n(C)c3c2=O)CN(S(C)(=O)=O)CC4)cn1. The molecule has 0 aromatic carbocycles. The second kappa shape index (κ2) is 6.71. The molecular weight excluding hydrogens is 382 g/mol. The van der Waals surface area contributed by atoms with Crippen molar-refractivity contribution in [3.8, 4) is 5.88 Å². The first-order chi connectivity index (χ1) is 13.3. The molecule has 0 radical (unpaired) electrons. The molecule has 1 aliphatic heterocycles. The van der Waals surface area contributed by atoms with Crippen LogP contribution in [0, 0.1) is 0 Å². The number of pyridine rings is 1. The number of ether oxygens (including phenoxy) is 1. The van der Waals surface area contributed by atoms with Crippen LogP contribution in [0.4, 0.5) is 0 Å². The van der Waals surface area contributed by atoms with E-state index in [9.17, 15) is 13.2 Å². The number of aromatic nitrogens is 4. The zero-order valence-electron chi connectivity index (χ0n) is 15.9. The summed E-state index contributed by atoms with van der Waals surface area (Å²) in [5.74, 6) is 0.505. The van der Waals surface area contributed by atoms with Gasteiger partial charge in [-0.25, -0.2) is 18.1 Å². The van der Waals surface area contributed by atoms with Crippen LogP contribution >= 0.6 is 0 Å². The van der Waals surface area contributed by atoms with E-state index < -0.39 is 10.0 Å². The van der Waals surface area contributed by atoms with Crippen molar-refractivity contribution in [1.29, 1.82) is 0 Å². The molecule has 0 saturated heterocycles. The molecule has 0 unspecified atom stereocenters. The first-order valence-corrected chi connectivity index (χ1v) is 10.6. The Hall–Kier alpha value is -2.72. The van der Waals surface area contributed by atoms with Gasteiger partial charge >= 0.3 is 0 Å². The first-order valence-electron chi connectivity index (χ1n) is 8.80. The van der Waals surface area contributed by atoms with Gasteiger partial charge in [-0.2, -0.15) is 9.40 Å². The van der Waals surface area contributed by atoms with E-state index >= 15 is 0 Å². The Morgan fingerprint density at radius 1 is 1.25 bits per heavy atom. The summed E-state index contributed by atoms with van der Waals surface area (Å²) in [5, 5.41) is 5.12. The van der Waals surface area contributed by atoms with E-state index in [-0.39, 0.29) is 18.6 Å². The predicted octanol–water partition coefficient (Wildman–Crippen LogP) is 0.505. The van der Waals surface area contributed by atoms with Gasteiger partial charge in [0, 0.05) is 36.9 Å². The van der Waals surface area contributed by atoms with E-state index in [0.29, 0.717) is 24.4 Å². The van der Waals surface area contributed by atoms with Crippen LogP contribution in [0.25, 0.3) is 10.9 Å². The van der Waals surface area contributed by atoms with Crippen molar-refractivity contribution in [3.63, 3.8) is 0 Å². The summed E-state index contributed by atoms with van der Waals surface area (Å²) in [6, 6.07) is 3.57. The monoisotopic (exact) mass is 403 g/mol. The van der Waals surface area contributed by atoms with E-state index in [0.717, 1.165) is 22.2 Å². The van der Waals surface area contributed by atoms with Gasteiger partial charge < -0.3 is 9.30 Å². The molecule has 148 valence electrons. The highest BCUT2D eigenvalue weighted by atomic mass is 32.2. The fourth-order valence-electron chi connectivity index (χ4n) is 3.67.